The van der Waals surface area contributed by atoms with Crippen LogP contribution in [0.3, 0.4) is 0 Å². The standard InChI is InChI=1S/C18H21N3O4S2/c22-16(25-15-8-9-27(23,24)12-15)11-26-18-20-19-17(14-6-7-14)21(18)10-13-4-2-1-3-5-13/h1-5,14-15H,6-12H2/t15-/m1/s1. The molecule has 2 aromatic rings. The van der Waals surface area contributed by atoms with Gasteiger partial charge in [-0.25, -0.2) is 8.42 Å². The van der Waals surface area contributed by atoms with Crippen molar-refractivity contribution in [3.05, 3.63) is 41.7 Å². The van der Waals surface area contributed by atoms with Gasteiger partial charge in [0, 0.05) is 5.92 Å². The summed E-state index contributed by atoms with van der Waals surface area (Å²) in [5.74, 6) is 1.12. The SMILES string of the molecule is O=C(CSc1nnc(C2CC2)n1Cc1ccccc1)O[C@@H]1CCS(=O)(=O)C1. The molecule has 0 spiro atoms. The van der Waals surface area contributed by atoms with E-state index in [0.29, 0.717) is 24.0 Å². The van der Waals surface area contributed by atoms with E-state index in [9.17, 15) is 13.2 Å². The molecule has 4 rings (SSSR count). The van der Waals surface area contributed by atoms with E-state index in [4.69, 9.17) is 4.74 Å². The maximum Gasteiger partial charge on any atom is 0.316 e. The molecule has 1 aliphatic carbocycles. The van der Waals surface area contributed by atoms with Crippen LogP contribution in [0, 0.1) is 0 Å². The number of hydrogen-bond donors (Lipinski definition) is 0. The van der Waals surface area contributed by atoms with Gasteiger partial charge in [-0.05, 0) is 24.8 Å². The number of benzene rings is 1. The minimum Gasteiger partial charge on any atom is -0.461 e. The predicted octanol–water partition coefficient (Wildman–Crippen LogP) is 2.03. The number of esters is 1. The molecular formula is C18H21N3O4S2. The minimum atomic E-state index is -3.06. The fourth-order valence-corrected chi connectivity index (χ4v) is 5.48. The fourth-order valence-electron chi connectivity index (χ4n) is 3.16. The molecule has 0 amide bonds. The van der Waals surface area contributed by atoms with Crippen molar-refractivity contribution in [1.29, 1.82) is 0 Å². The molecule has 7 nitrogen and oxygen atoms in total. The Labute approximate surface area is 162 Å². The number of carbonyl (C=O) groups is 1. The molecule has 27 heavy (non-hydrogen) atoms. The molecule has 0 N–H and O–H groups in total. The van der Waals surface area contributed by atoms with Crippen LogP contribution in [0.2, 0.25) is 0 Å². The lowest BCUT2D eigenvalue weighted by Gasteiger charge is -2.11. The zero-order valence-electron chi connectivity index (χ0n) is 14.8. The molecule has 9 heteroatoms. The van der Waals surface area contributed by atoms with Gasteiger partial charge in [0.2, 0.25) is 0 Å². The van der Waals surface area contributed by atoms with Gasteiger partial charge in [-0.1, -0.05) is 42.1 Å². The Hall–Kier alpha value is -1.87. The van der Waals surface area contributed by atoms with Crippen LogP contribution in [0.1, 0.15) is 36.6 Å². The first-order valence-electron chi connectivity index (χ1n) is 9.00. The third-order valence-corrected chi connectivity index (χ3v) is 7.36. The molecule has 1 atom stereocenters. The molecule has 144 valence electrons. The lowest BCUT2D eigenvalue weighted by molar-refractivity contribution is -0.144. The van der Waals surface area contributed by atoms with Crippen molar-refractivity contribution in [1.82, 2.24) is 14.8 Å². The molecular weight excluding hydrogens is 386 g/mol. The second kappa shape index (κ2) is 7.63. The summed E-state index contributed by atoms with van der Waals surface area (Å²) in [5.41, 5.74) is 1.15. The number of nitrogens with zero attached hydrogens (tertiary/aromatic N) is 3. The fraction of sp³-hybridized carbons (Fsp3) is 0.500. The molecule has 1 aromatic carbocycles. The first kappa shape index (κ1) is 18.5. The first-order chi connectivity index (χ1) is 13.0. The Balaban J connectivity index is 1.40. The highest BCUT2D eigenvalue weighted by molar-refractivity contribution is 7.99. The van der Waals surface area contributed by atoms with Crippen LogP contribution < -0.4 is 0 Å². The highest BCUT2D eigenvalue weighted by Gasteiger charge is 2.32. The Bertz CT molecular complexity index is 923. The predicted molar refractivity (Wildman–Crippen MR) is 101 cm³/mol. The summed E-state index contributed by atoms with van der Waals surface area (Å²) in [6.45, 7) is 0.665. The van der Waals surface area contributed by atoms with E-state index in [1.807, 2.05) is 18.2 Å². The topological polar surface area (TPSA) is 91.2 Å². The van der Waals surface area contributed by atoms with Crippen LogP contribution in [0.15, 0.2) is 35.5 Å². The summed E-state index contributed by atoms with van der Waals surface area (Å²) in [6.07, 6.45) is 2.10. The lowest BCUT2D eigenvalue weighted by Crippen LogP contribution is -2.20. The molecule has 0 bridgehead atoms. The van der Waals surface area contributed by atoms with E-state index in [1.54, 1.807) is 0 Å². The zero-order chi connectivity index (χ0) is 18.9. The normalized spacial score (nSPS) is 21.3. The molecule has 1 saturated heterocycles. The molecule has 1 aliphatic heterocycles. The van der Waals surface area contributed by atoms with Gasteiger partial charge < -0.3 is 9.30 Å². The van der Waals surface area contributed by atoms with Gasteiger partial charge >= 0.3 is 5.97 Å². The third-order valence-electron chi connectivity index (χ3n) is 4.68. The Morgan fingerprint density at radius 3 is 2.63 bits per heavy atom. The van der Waals surface area contributed by atoms with E-state index in [0.717, 1.165) is 24.2 Å². The van der Waals surface area contributed by atoms with Crippen LogP contribution in [-0.4, -0.2) is 52.5 Å². The number of carbonyl (C=O) groups excluding carboxylic acids is 1. The van der Waals surface area contributed by atoms with Crippen LogP contribution in [-0.2, 0) is 25.9 Å². The van der Waals surface area contributed by atoms with Crippen molar-refractivity contribution in [3.63, 3.8) is 0 Å². The summed E-state index contributed by atoms with van der Waals surface area (Å²) >= 11 is 1.29. The summed E-state index contributed by atoms with van der Waals surface area (Å²) < 4.78 is 30.3. The number of ether oxygens (including phenoxy) is 1. The van der Waals surface area contributed by atoms with Gasteiger partial charge in [-0.3, -0.25) is 4.79 Å². The van der Waals surface area contributed by atoms with Crippen molar-refractivity contribution < 1.29 is 17.9 Å². The van der Waals surface area contributed by atoms with E-state index >= 15 is 0 Å². The summed E-state index contributed by atoms with van der Waals surface area (Å²) in [7, 11) is -3.06. The average Bonchev–Trinajstić information content (AvgIpc) is 3.32. The number of sulfone groups is 1. The first-order valence-corrected chi connectivity index (χ1v) is 11.8. The van der Waals surface area contributed by atoms with Gasteiger partial charge in [-0.15, -0.1) is 10.2 Å². The van der Waals surface area contributed by atoms with Crippen LogP contribution >= 0.6 is 11.8 Å². The van der Waals surface area contributed by atoms with E-state index < -0.39 is 21.9 Å². The number of thioether (sulfide) groups is 1. The monoisotopic (exact) mass is 407 g/mol. The van der Waals surface area contributed by atoms with E-state index in [-0.39, 0.29) is 17.3 Å². The van der Waals surface area contributed by atoms with E-state index in [2.05, 4.69) is 26.9 Å². The van der Waals surface area contributed by atoms with Crippen LogP contribution in [0.4, 0.5) is 0 Å². The Morgan fingerprint density at radius 1 is 1.19 bits per heavy atom. The van der Waals surface area contributed by atoms with Crippen LogP contribution in [0.25, 0.3) is 0 Å². The quantitative estimate of drug-likeness (QED) is 0.512. The molecule has 1 aromatic heterocycles. The van der Waals surface area contributed by atoms with Crippen molar-refractivity contribution in [3.8, 4) is 0 Å². The van der Waals surface area contributed by atoms with Crippen LogP contribution in [0.5, 0.6) is 0 Å². The lowest BCUT2D eigenvalue weighted by atomic mass is 10.2. The largest absolute Gasteiger partial charge is 0.461 e. The van der Waals surface area contributed by atoms with Gasteiger partial charge in [0.15, 0.2) is 15.0 Å². The molecule has 0 radical (unpaired) electrons. The van der Waals surface area contributed by atoms with Gasteiger partial charge in [0.1, 0.15) is 11.9 Å². The average molecular weight is 408 g/mol. The highest BCUT2D eigenvalue weighted by Crippen LogP contribution is 2.40. The minimum absolute atomic E-state index is 0.0700. The highest BCUT2D eigenvalue weighted by atomic mass is 32.2. The van der Waals surface area contributed by atoms with Gasteiger partial charge in [0.25, 0.3) is 0 Å². The second-order valence-electron chi connectivity index (χ2n) is 6.99. The van der Waals surface area contributed by atoms with Crippen molar-refractivity contribution in [2.45, 2.75) is 43.0 Å². The Kier molecular flexibility index (Phi) is 5.23. The molecule has 0 unspecified atom stereocenters. The summed E-state index contributed by atoms with van der Waals surface area (Å²) in [5, 5.41) is 9.30. The number of rotatable bonds is 7. The maximum atomic E-state index is 12.1. The number of hydrogen-bond acceptors (Lipinski definition) is 7. The molecule has 2 fully saturated rings. The van der Waals surface area contributed by atoms with E-state index in [1.165, 1.54) is 11.8 Å². The summed E-state index contributed by atoms with van der Waals surface area (Å²) in [6, 6.07) is 10.1. The summed E-state index contributed by atoms with van der Waals surface area (Å²) in [4.78, 5) is 12.1. The number of aromatic nitrogens is 3. The van der Waals surface area contributed by atoms with Crippen molar-refractivity contribution in [2.75, 3.05) is 17.3 Å². The van der Waals surface area contributed by atoms with Crippen molar-refractivity contribution in [2.24, 2.45) is 0 Å². The van der Waals surface area contributed by atoms with Gasteiger partial charge in [-0.2, -0.15) is 0 Å². The maximum absolute atomic E-state index is 12.1. The molecule has 2 aliphatic rings. The Morgan fingerprint density at radius 2 is 1.96 bits per heavy atom. The third kappa shape index (κ3) is 4.70. The molecule has 1 saturated carbocycles. The van der Waals surface area contributed by atoms with Gasteiger partial charge in [0.05, 0.1) is 23.8 Å². The smallest absolute Gasteiger partial charge is 0.316 e. The van der Waals surface area contributed by atoms with Crippen molar-refractivity contribution >= 4 is 27.6 Å². The molecule has 2 heterocycles. The zero-order valence-corrected chi connectivity index (χ0v) is 16.4. The second-order valence-corrected chi connectivity index (χ2v) is 10.2.